The van der Waals surface area contributed by atoms with Crippen LogP contribution in [0, 0.1) is 0 Å². The van der Waals surface area contributed by atoms with Crippen LogP contribution in [0.3, 0.4) is 0 Å². The number of hydrogen-bond donors (Lipinski definition) is 0. The van der Waals surface area contributed by atoms with Crippen molar-refractivity contribution in [3.8, 4) is 5.75 Å². The molecule has 0 radical (unpaired) electrons. The molecule has 0 aliphatic carbocycles. The molecule has 18 heavy (non-hydrogen) atoms. The van der Waals surface area contributed by atoms with Gasteiger partial charge in [0.15, 0.2) is 0 Å². The van der Waals surface area contributed by atoms with Gasteiger partial charge in [-0.1, -0.05) is 35.3 Å². The Morgan fingerprint density at radius 3 is 2.39 bits per heavy atom. The number of rotatable bonds is 4. The number of ether oxygens (including phenoxy) is 1. The van der Waals surface area contributed by atoms with Gasteiger partial charge in [-0.25, -0.2) is 0 Å². The predicted octanol–water partition coefficient (Wildman–Crippen LogP) is 4.98. The monoisotopic (exact) mass is 280 g/mol. The molecule has 0 aliphatic rings. The van der Waals surface area contributed by atoms with Crippen LogP contribution >= 0.6 is 23.2 Å². The van der Waals surface area contributed by atoms with Crippen LogP contribution in [0.4, 0.5) is 0 Å². The van der Waals surface area contributed by atoms with Gasteiger partial charge in [-0.2, -0.15) is 0 Å². The van der Waals surface area contributed by atoms with Crippen molar-refractivity contribution in [2.75, 3.05) is 6.61 Å². The van der Waals surface area contributed by atoms with Crippen molar-refractivity contribution >= 4 is 23.2 Å². The third kappa shape index (κ3) is 3.41. The molecule has 2 aromatic rings. The largest absolute Gasteiger partial charge is 0.494 e. The second-order valence-electron chi connectivity index (χ2n) is 3.99. The van der Waals surface area contributed by atoms with Gasteiger partial charge in [0.05, 0.1) is 6.61 Å². The second-order valence-corrected chi connectivity index (χ2v) is 4.83. The van der Waals surface area contributed by atoms with E-state index in [1.54, 1.807) is 6.07 Å². The fourth-order valence-electron chi connectivity index (χ4n) is 1.77. The minimum absolute atomic E-state index is 0.680. The van der Waals surface area contributed by atoms with Crippen molar-refractivity contribution in [2.45, 2.75) is 13.3 Å². The molecule has 0 fully saturated rings. The van der Waals surface area contributed by atoms with E-state index in [1.165, 1.54) is 5.56 Å². The van der Waals surface area contributed by atoms with Crippen LogP contribution in [0.25, 0.3) is 0 Å². The Balaban J connectivity index is 2.15. The van der Waals surface area contributed by atoms with Crippen molar-refractivity contribution < 1.29 is 4.74 Å². The molecule has 0 unspecified atom stereocenters. The van der Waals surface area contributed by atoms with E-state index in [4.69, 9.17) is 27.9 Å². The quantitative estimate of drug-likeness (QED) is 0.767. The summed E-state index contributed by atoms with van der Waals surface area (Å²) in [7, 11) is 0. The molecule has 2 aromatic carbocycles. The van der Waals surface area contributed by atoms with Crippen molar-refractivity contribution in [1.29, 1.82) is 0 Å². The smallest absolute Gasteiger partial charge is 0.119 e. The molecule has 0 saturated heterocycles. The van der Waals surface area contributed by atoms with Gasteiger partial charge in [0.25, 0.3) is 0 Å². The molecular weight excluding hydrogens is 267 g/mol. The first kappa shape index (κ1) is 13.3. The van der Waals surface area contributed by atoms with Gasteiger partial charge < -0.3 is 4.74 Å². The summed E-state index contributed by atoms with van der Waals surface area (Å²) in [6.45, 7) is 2.65. The molecule has 0 aliphatic heterocycles. The van der Waals surface area contributed by atoms with Gasteiger partial charge in [0.2, 0.25) is 0 Å². The summed E-state index contributed by atoms with van der Waals surface area (Å²) in [6.07, 6.45) is 0.770. The first-order valence-electron chi connectivity index (χ1n) is 5.84. The average Bonchev–Trinajstić information content (AvgIpc) is 2.37. The Morgan fingerprint density at radius 1 is 1.00 bits per heavy atom. The molecule has 3 heteroatoms. The first-order chi connectivity index (χ1) is 8.69. The van der Waals surface area contributed by atoms with Gasteiger partial charge in [-0.05, 0) is 54.8 Å². The Bertz CT molecular complexity index is 521. The Hall–Kier alpha value is -1.18. The van der Waals surface area contributed by atoms with E-state index in [0.29, 0.717) is 11.6 Å². The Labute approximate surface area is 117 Å². The lowest BCUT2D eigenvalue weighted by atomic mass is 10.0. The standard InChI is InChI=1S/C15H14Cl2O/c1-2-18-14-6-3-11(4-7-14)9-12-10-13(16)5-8-15(12)17/h3-8,10H,2,9H2,1H3. The molecule has 0 bridgehead atoms. The van der Waals surface area contributed by atoms with Gasteiger partial charge in [-0.15, -0.1) is 0 Å². The molecule has 0 heterocycles. The van der Waals surface area contributed by atoms with Crippen LogP contribution in [-0.2, 0) is 6.42 Å². The molecule has 94 valence electrons. The van der Waals surface area contributed by atoms with Crippen molar-refractivity contribution in [1.82, 2.24) is 0 Å². The lowest BCUT2D eigenvalue weighted by Crippen LogP contribution is -1.93. The van der Waals surface area contributed by atoms with E-state index in [0.717, 1.165) is 22.8 Å². The summed E-state index contributed by atoms with van der Waals surface area (Å²) in [5.74, 6) is 0.887. The number of hydrogen-bond acceptors (Lipinski definition) is 1. The molecule has 1 nitrogen and oxygen atoms in total. The van der Waals surface area contributed by atoms with Crippen LogP contribution in [0.1, 0.15) is 18.1 Å². The normalized spacial score (nSPS) is 10.4. The highest BCUT2D eigenvalue weighted by molar-refractivity contribution is 6.33. The molecule has 0 spiro atoms. The highest BCUT2D eigenvalue weighted by Crippen LogP contribution is 2.24. The third-order valence-electron chi connectivity index (χ3n) is 2.64. The summed E-state index contributed by atoms with van der Waals surface area (Å²) in [6, 6.07) is 13.6. The molecule has 0 N–H and O–H groups in total. The van der Waals surface area contributed by atoms with Crippen LogP contribution < -0.4 is 4.74 Å². The summed E-state index contributed by atoms with van der Waals surface area (Å²) in [5, 5.41) is 1.45. The van der Waals surface area contributed by atoms with Gasteiger partial charge in [0.1, 0.15) is 5.75 Å². The summed E-state index contributed by atoms with van der Waals surface area (Å²) < 4.78 is 5.41. The number of halogens is 2. The SMILES string of the molecule is CCOc1ccc(Cc2cc(Cl)ccc2Cl)cc1. The summed E-state index contributed by atoms with van der Waals surface area (Å²) >= 11 is 12.1. The molecule has 0 aromatic heterocycles. The van der Waals surface area contributed by atoms with E-state index < -0.39 is 0 Å². The predicted molar refractivity (Wildman–Crippen MR) is 76.9 cm³/mol. The third-order valence-corrected chi connectivity index (χ3v) is 3.24. The lowest BCUT2D eigenvalue weighted by molar-refractivity contribution is 0.340. The summed E-state index contributed by atoms with van der Waals surface area (Å²) in [4.78, 5) is 0. The Morgan fingerprint density at radius 2 is 1.72 bits per heavy atom. The maximum Gasteiger partial charge on any atom is 0.119 e. The second kappa shape index (κ2) is 6.12. The molecule has 0 saturated carbocycles. The molecule has 0 atom stereocenters. The topological polar surface area (TPSA) is 9.23 Å². The maximum atomic E-state index is 6.14. The van der Waals surface area contributed by atoms with Crippen molar-refractivity contribution in [2.24, 2.45) is 0 Å². The number of benzene rings is 2. The van der Waals surface area contributed by atoms with Gasteiger partial charge in [-0.3, -0.25) is 0 Å². The van der Waals surface area contributed by atoms with Gasteiger partial charge in [0, 0.05) is 10.0 Å². The molecule has 0 amide bonds. The fourth-order valence-corrected chi connectivity index (χ4v) is 2.15. The van der Waals surface area contributed by atoms with E-state index in [2.05, 4.69) is 0 Å². The highest BCUT2D eigenvalue weighted by atomic mass is 35.5. The average molecular weight is 281 g/mol. The van der Waals surface area contributed by atoms with E-state index in [1.807, 2.05) is 43.3 Å². The van der Waals surface area contributed by atoms with Crippen molar-refractivity contribution in [3.63, 3.8) is 0 Å². The first-order valence-corrected chi connectivity index (χ1v) is 6.60. The lowest BCUT2D eigenvalue weighted by Gasteiger charge is -2.07. The zero-order chi connectivity index (χ0) is 13.0. The zero-order valence-corrected chi connectivity index (χ0v) is 11.6. The summed E-state index contributed by atoms with van der Waals surface area (Å²) in [5.41, 5.74) is 2.22. The van der Waals surface area contributed by atoms with Crippen LogP contribution in [0.15, 0.2) is 42.5 Å². The maximum absolute atomic E-state index is 6.14. The molecular formula is C15H14Cl2O. The highest BCUT2D eigenvalue weighted by Gasteiger charge is 2.03. The zero-order valence-electron chi connectivity index (χ0n) is 10.1. The van der Waals surface area contributed by atoms with Gasteiger partial charge >= 0.3 is 0 Å². The van der Waals surface area contributed by atoms with Crippen molar-refractivity contribution in [3.05, 3.63) is 63.6 Å². The van der Waals surface area contributed by atoms with Crippen LogP contribution in [0.5, 0.6) is 5.75 Å². The van der Waals surface area contributed by atoms with E-state index in [9.17, 15) is 0 Å². The molecule has 2 rings (SSSR count). The van der Waals surface area contributed by atoms with E-state index >= 15 is 0 Å². The minimum atomic E-state index is 0.680. The van der Waals surface area contributed by atoms with Crippen LogP contribution in [-0.4, -0.2) is 6.61 Å². The Kier molecular flexibility index (Phi) is 4.51. The minimum Gasteiger partial charge on any atom is -0.494 e. The fraction of sp³-hybridized carbons (Fsp3) is 0.200. The van der Waals surface area contributed by atoms with Crippen LogP contribution in [0.2, 0.25) is 10.0 Å². The van der Waals surface area contributed by atoms with E-state index in [-0.39, 0.29) is 0 Å².